The maximum Gasteiger partial charge on any atom is 0.354 e. The number of carboxylic acids is 1. The highest BCUT2D eigenvalue weighted by molar-refractivity contribution is 7.92. The van der Waals surface area contributed by atoms with Crippen LogP contribution in [0.25, 0.3) is 0 Å². The van der Waals surface area contributed by atoms with E-state index in [1.807, 2.05) is 0 Å². The van der Waals surface area contributed by atoms with E-state index in [1.165, 1.54) is 19.3 Å². The van der Waals surface area contributed by atoms with Crippen molar-refractivity contribution >= 4 is 33.3 Å². The van der Waals surface area contributed by atoms with Gasteiger partial charge in [0.1, 0.15) is 5.69 Å². The van der Waals surface area contributed by atoms with E-state index < -0.39 is 16.0 Å². The Kier molecular flexibility index (Phi) is 3.48. The molecule has 0 unspecified atom stereocenters. The fourth-order valence-corrected chi connectivity index (χ4v) is 3.46. The number of aryl methyl sites for hydroxylation is 2. The van der Waals surface area contributed by atoms with Gasteiger partial charge in [-0.1, -0.05) is 11.6 Å². The van der Waals surface area contributed by atoms with Crippen molar-refractivity contribution in [3.05, 3.63) is 28.7 Å². The molecule has 108 valence electrons. The van der Waals surface area contributed by atoms with Gasteiger partial charge in [0, 0.05) is 12.7 Å². The molecule has 0 aliphatic rings. The normalized spacial score (nSPS) is 11.6. The van der Waals surface area contributed by atoms with Crippen LogP contribution >= 0.6 is 11.6 Å². The van der Waals surface area contributed by atoms with Gasteiger partial charge in [0.05, 0.1) is 16.9 Å². The fourth-order valence-electron chi connectivity index (χ4n) is 1.73. The molecule has 0 saturated carbocycles. The third kappa shape index (κ3) is 2.49. The molecule has 2 aromatic rings. The van der Waals surface area contributed by atoms with Crippen molar-refractivity contribution in [3.8, 4) is 0 Å². The number of nitrogens with one attached hydrogen (secondary N) is 2. The Balaban J connectivity index is 2.47. The number of carboxylic acid groups (broad SMARTS) is 1. The minimum absolute atomic E-state index is 0.0517. The maximum absolute atomic E-state index is 12.2. The van der Waals surface area contributed by atoms with Gasteiger partial charge >= 0.3 is 5.97 Å². The van der Waals surface area contributed by atoms with Gasteiger partial charge in [0.2, 0.25) is 0 Å². The lowest BCUT2D eigenvalue weighted by molar-refractivity contribution is 0.0692. The molecular weight excluding hydrogens is 308 g/mol. The fraction of sp³-hybridized carbons (Fsp3) is 0.200. The van der Waals surface area contributed by atoms with Crippen LogP contribution in [0.2, 0.25) is 5.02 Å². The van der Waals surface area contributed by atoms with E-state index in [9.17, 15) is 13.2 Å². The molecule has 0 bridgehead atoms. The molecule has 0 amide bonds. The first-order valence-corrected chi connectivity index (χ1v) is 7.21. The summed E-state index contributed by atoms with van der Waals surface area (Å²) in [6, 6.07) is 1.38. The zero-order valence-electron chi connectivity index (χ0n) is 10.5. The summed E-state index contributed by atoms with van der Waals surface area (Å²) in [5, 5.41) is 12.4. The Morgan fingerprint density at radius 3 is 2.70 bits per heavy atom. The molecule has 0 fully saturated rings. The first-order valence-electron chi connectivity index (χ1n) is 5.35. The summed E-state index contributed by atoms with van der Waals surface area (Å²) in [7, 11) is -2.62. The lowest BCUT2D eigenvalue weighted by Crippen LogP contribution is -2.18. The molecule has 2 aromatic heterocycles. The van der Waals surface area contributed by atoms with Gasteiger partial charge in [0.25, 0.3) is 10.0 Å². The minimum atomic E-state index is -4.04. The van der Waals surface area contributed by atoms with E-state index in [-0.39, 0.29) is 21.4 Å². The van der Waals surface area contributed by atoms with E-state index in [0.717, 1.165) is 4.68 Å². The molecule has 0 aliphatic heterocycles. The summed E-state index contributed by atoms with van der Waals surface area (Å²) in [6.45, 7) is 1.61. The molecule has 10 heteroatoms. The van der Waals surface area contributed by atoms with Crippen molar-refractivity contribution < 1.29 is 18.3 Å². The van der Waals surface area contributed by atoms with Crippen molar-refractivity contribution in [1.82, 2.24) is 14.8 Å². The highest BCUT2D eigenvalue weighted by Gasteiger charge is 2.25. The quantitative estimate of drug-likeness (QED) is 0.783. The SMILES string of the molecule is Cc1cc(NS(=O)(=O)c2c(Cl)cnn2C)c(C(=O)O)[nH]1. The van der Waals surface area contributed by atoms with Gasteiger partial charge < -0.3 is 10.1 Å². The van der Waals surface area contributed by atoms with Gasteiger partial charge in [-0.25, -0.2) is 4.79 Å². The van der Waals surface area contributed by atoms with Crippen molar-refractivity contribution in [2.45, 2.75) is 11.9 Å². The highest BCUT2D eigenvalue weighted by Crippen LogP contribution is 2.25. The van der Waals surface area contributed by atoms with Crippen LogP contribution in [0, 0.1) is 6.92 Å². The van der Waals surface area contributed by atoms with Crippen LogP contribution in [0.3, 0.4) is 0 Å². The molecule has 2 rings (SSSR count). The second kappa shape index (κ2) is 4.84. The Labute approximate surface area is 119 Å². The molecule has 3 N–H and O–H groups in total. The van der Waals surface area contributed by atoms with Gasteiger partial charge in [-0.3, -0.25) is 9.40 Å². The van der Waals surface area contributed by atoms with E-state index >= 15 is 0 Å². The predicted molar refractivity (Wildman–Crippen MR) is 71.5 cm³/mol. The summed E-state index contributed by atoms with van der Waals surface area (Å²) in [5.74, 6) is -1.27. The number of halogens is 1. The van der Waals surface area contributed by atoms with Crippen molar-refractivity contribution in [1.29, 1.82) is 0 Å². The minimum Gasteiger partial charge on any atom is -0.477 e. The van der Waals surface area contributed by atoms with Crippen molar-refractivity contribution in [2.24, 2.45) is 7.05 Å². The molecule has 0 saturated heterocycles. The molecule has 0 spiro atoms. The first-order chi connectivity index (χ1) is 9.22. The van der Waals surface area contributed by atoms with E-state index in [1.54, 1.807) is 6.92 Å². The standard InChI is InChI=1S/C10H11ClN4O4S/c1-5-3-7(8(13-5)10(16)17)14-20(18,19)9-6(11)4-12-15(9)2/h3-4,13-14H,1-2H3,(H,16,17). The largest absolute Gasteiger partial charge is 0.477 e. The Hall–Kier alpha value is -2.00. The Bertz CT molecular complexity index is 758. The third-order valence-corrected chi connectivity index (χ3v) is 4.38. The van der Waals surface area contributed by atoms with Crippen LogP contribution in [0.15, 0.2) is 17.3 Å². The van der Waals surface area contributed by atoms with Crippen LogP contribution in [0.4, 0.5) is 5.69 Å². The lowest BCUT2D eigenvalue weighted by Gasteiger charge is -2.08. The number of sulfonamides is 1. The van der Waals surface area contributed by atoms with Crippen molar-refractivity contribution in [2.75, 3.05) is 4.72 Å². The van der Waals surface area contributed by atoms with Gasteiger partial charge in [-0.15, -0.1) is 0 Å². The molecule has 0 aliphatic carbocycles. The molecule has 0 radical (unpaired) electrons. The average molecular weight is 319 g/mol. The molecular formula is C10H11ClN4O4S. The number of hydrogen-bond acceptors (Lipinski definition) is 4. The zero-order valence-corrected chi connectivity index (χ0v) is 12.1. The number of rotatable bonds is 4. The molecule has 20 heavy (non-hydrogen) atoms. The molecule has 8 nitrogen and oxygen atoms in total. The number of H-pyrrole nitrogens is 1. The summed E-state index contributed by atoms with van der Waals surface area (Å²) < 4.78 is 27.7. The number of aromatic amines is 1. The number of aromatic carboxylic acids is 1. The first kappa shape index (κ1) is 14.4. The molecule has 0 aromatic carbocycles. The Morgan fingerprint density at radius 1 is 1.55 bits per heavy atom. The summed E-state index contributed by atoms with van der Waals surface area (Å²) in [4.78, 5) is 13.6. The molecule has 0 atom stereocenters. The topological polar surface area (TPSA) is 117 Å². The van der Waals surface area contributed by atoms with E-state index in [0.29, 0.717) is 5.69 Å². The summed E-state index contributed by atoms with van der Waals surface area (Å²) in [6.07, 6.45) is 1.19. The van der Waals surface area contributed by atoms with Crippen molar-refractivity contribution in [3.63, 3.8) is 0 Å². The van der Waals surface area contributed by atoms with Gasteiger partial charge in [-0.05, 0) is 13.0 Å². The van der Waals surface area contributed by atoms with Crippen LogP contribution in [0.5, 0.6) is 0 Å². The van der Waals surface area contributed by atoms with Crippen LogP contribution in [-0.4, -0.2) is 34.3 Å². The third-order valence-electron chi connectivity index (χ3n) is 2.51. The van der Waals surface area contributed by atoms with Crippen LogP contribution < -0.4 is 4.72 Å². The van der Waals surface area contributed by atoms with E-state index in [4.69, 9.17) is 16.7 Å². The number of anilines is 1. The van der Waals surface area contributed by atoms with Crippen LogP contribution in [-0.2, 0) is 17.1 Å². The van der Waals surface area contributed by atoms with Gasteiger partial charge in [0.15, 0.2) is 5.03 Å². The maximum atomic E-state index is 12.2. The number of carbonyl (C=O) groups is 1. The summed E-state index contributed by atoms with van der Waals surface area (Å²) >= 11 is 5.78. The molecule has 2 heterocycles. The lowest BCUT2D eigenvalue weighted by atomic mass is 10.4. The Morgan fingerprint density at radius 2 is 2.20 bits per heavy atom. The smallest absolute Gasteiger partial charge is 0.354 e. The summed E-state index contributed by atoms with van der Waals surface area (Å²) in [5.41, 5.74) is 0.202. The monoisotopic (exact) mass is 318 g/mol. The number of hydrogen-bond donors (Lipinski definition) is 3. The zero-order chi connectivity index (χ0) is 15.1. The second-order valence-corrected chi connectivity index (χ2v) is 6.08. The highest BCUT2D eigenvalue weighted by atomic mass is 35.5. The second-order valence-electron chi connectivity index (χ2n) is 4.07. The van der Waals surface area contributed by atoms with Crippen LogP contribution in [0.1, 0.15) is 16.2 Å². The number of aromatic nitrogens is 3. The van der Waals surface area contributed by atoms with Gasteiger partial charge in [-0.2, -0.15) is 13.5 Å². The average Bonchev–Trinajstić information content (AvgIpc) is 2.82. The number of nitrogens with zero attached hydrogens (tertiary/aromatic N) is 2. The predicted octanol–water partition coefficient (Wildman–Crippen LogP) is 1.21. The van der Waals surface area contributed by atoms with E-state index in [2.05, 4.69) is 14.8 Å².